The van der Waals surface area contributed by atoms with Gasteiger partial charge in [-0.2, -0.15) is 0 Å². The molecule has 2 fully saturated rings. The fourth-order valence-electron chi connectivity index (χ4n) is 1.63. The number of fused-ring (bicyclic) bond motifs is 1. The van der Waals surface area contributed by atoms with Gasteiger partial charge in [-0.1, -0.05) is 0 Å². The molecule has 1 saturated heterocycles. The summed E-state index contributed by atoms with van der Waals surface area (Å²) in [5.74, 6) is -0.794. The van der Waals surface area contributed by atoms with Crippen LogP contribution in [0.2, 0.25) is 0 Å². The second kappa shape index (κ2) is 1.95. The van der Waals surface area contributed by atoms with Gasteiger partial charge in [-0.3, -0.25) is 4.79 Å². The highest BCUT2D eigenvalue weighted by Crippen LogP contribution is 2.39. The quantitative estimate of drug-likeness (QED) is 0.546. The number of hydrogen-bond acceptors (Lipinski definition) is 2. The predicted molar refractivity (Wildman–Crippen MR) is 33.6 cm³/mol. The minimum atomic E-state index is -0.658. The third kappa shape index (κ3) is 0.904. The first-order valence-electron chi connectivity index (χ1n) is 3.65. The van der Waals surface area contributed by atoms with Crippen molar-refractivity contribution < 1.29 is 14.6 Å². The van der Waals surface area contributed by atoms with E-state index in [9.17, 15) is 4.79 Å². The first kappa shape index (κ1) is 6.16. The molecule has 1 aliphatic heterocycles. The molecule has 0 bridgehead atoms. The Morgan fingerprint density at radius 2 is 2.20 bits per heavy atom. The van der Waals surface area contributed by atoms with Crippen molar-refractivity contribution >= 4 is 5.97 Å². The van der Waals surface area contributed by atoms with E-state index in [0.29, 0.717) is 6.10 Å². The van der Waals surface area contributed by atoms with E-state index >= 15 is 0 Å². The Hall–Kier alpha value is -0.570. The normalized spacial score (nSPS) is 44.2. The molecule has 10 heavy (non-hydrogen) atoms. The van der Waals surface area contributed by atoms with Crippen molar-refractivity contribution in [3.63, 3.8) is 0 Å². The van der Waals surface area contributed by atoms with E-state index in [4.69, 9.17) is 9.84 Å². The summed E-state index contributed by atoms with van der Waals surface area (Å²) in [5.41, 5.74) is 0. The first-order valence-corrected chi connectivity index (χ1v) is 3.65. The molecule has 0 amide bonds. The summed E-state index contributed by atoms with van der Waals surface area (Å²) in [6.45, 7) is 0. The van der Waals surface area contributed by atoms with Crippen molar-refractivity contribution in [1.82, 2.24) is 0 Å². The Morgan fingerprint density at radius 3 is 2.80 bits per heavy atom. The van der Waals surface area contributed by atoms with Crippen LogP contribution in [-0.4, -0.2) is 23.3 Å². The summed E-state index contributed by atoms with van der Waals surface area (Å²) < 4.78 is 5.19. The lowest BCUT2D eigenvalue weighted by molar-refractivity contribution is -0.142. The lowest BCUT2D eigenvalue weighted by Gasteiger charge is -2.12. The van der Waals surface area contributed by atoms with Gasteiger partial charge in [0.2, 0.25) is 0 Å². The van der Waals surface area contributed by atoms with E-state index in [-0.39, 0.29) is 12.0 Å². The van der Waals surface area contributed by atoms with Crippen molar-refractivity contribution in [3.8, 4) is 0 Å². The lowest BCUT2D eigenvalue weighted by atomic mass is 9.90. The highest BCUT2D eigenvalue weighted by atomic mass is 16.6. The molecule has 2 rings (SSSR count). The van der Waals surface area contributed by atoms with Crippen LogP contribution in [0.15, 0.2) is 0 Å². The van der Waals surface area contributed by atoms with Crippen LogP contribution < -0.4 is 0 Å². The molecule has 3 nitrogen and oxygen atoms in total. The topological polar surface area (TPSA) is 49.8 Å². The molecule has 3 heteroatoms. The standard InChI is InChI=1S/C7H10O3/c8-7(9)4-1-2-5-6(3-4)10-5/h4-6H,1-3H2,(H,8,9)/t4-,5-,6+/m0/s1. The summed E-state index contributed by atoms with van der Waals surface area (Å²) in [5, 5.41) is 8.62. The average molecular weight is 142 g/mol. The molecule has 1 saturated carbocycles. The molecule has 0 radical (unpaired) electrons. The molecule has 0 unspecified atom stereocenters. The van der Waals surface area contributed by atoms with E-state index in [0.717, 1.165) is 19.3 Å². The van der Waals surface area contributed by atoms with E-state index in [1.54, 1.807) is 0 Å². The van der Waals surface area contributed by atoms with Crippen molar-refractivity contribution in [2.45, 2.75) is 31.5 Å². The number of ether oxygens (including phenoxy) is 1. The first-order chi connectivity index (χ1) is 4.77. The molecular weight excluding hydrogens is 132 g/mol. The van der Waals surface area contributed by atoms with Gasteiger partial charge in [0.15, 0.2) is 0 Å². The number of carboxylic acids is 1. The third-order valence-corrected chi connectivity index (χ3v) is 2.35. The van der Waals surface area contributed by atoms with Crippen molar-refractivity contribution in [1.29, 1.82) is 0 Å². The summed E-state index contributed by atoms with van der Waals surface area (Å²) >= 11 is 0. The molecule has 0 aromatic heterocycles. The zero-order valence-electron chi connectivity index (χ0n) is 5.62. The van der Waals surface area contributed by atoms with Gasteiger partial charge in [0.05, 0.1) is 18.1 Å². The predicted octanol–water partition coefficient (Wildman–Crippen LogP) is 0.638. The molecule has 1 aliphatic carbocycles. The van der Waals surface area contributed by atoms with Crippen LogP contribution in [0.25, 0.3) is 0 Å². The largest absolute Gasteiger partial charge is 0.481 e. The Bertz CT molecular complexity index is 166. The second-order valence-electron chi connectivity index (χ2n) is 3.06. The number of rotatable bonds is 1. The smallest absolute Gasteiger partial charge is 0.306 e. The fourth-order valence-corrected chi connectivity index (χ4v) is 1.63. The van der Waals surface area contributed by atoms with Crippen LogP contribution in [0.5, 0.6) is 0 Å². The second-order valence-corrected chi connectivity index (χ2v) is 3.06. The molecular formula is C7H10O3. The van der Waals surface area contributed by atoms with Crippen molar-refractivity contribution in [2.75, 3.05) is 0 Å². The van der Waals surface area contributed by atoms with Gasteiger partial charge < -0.3 is 9.84 Å². The monoisotopic (exact) mass is 142 g/mol. The van der Waals surface area contributed by atoms with Gasteiger partial charge in [0.1, 0.15) is 0 Å². The van der Waals surface area contributed by atoms with Gasteiger partial charge in [-0.15, -0.1) is 0 Å². The van der Waals surface area contributed by atoms with E-state index < -0.39 is 5.97 Å². The van der Waals surface area contributed by atoms with Gasteiger partial charge >= 0.3 is 5.97 Å². The zero-order valence-corrected chi connectivity index (χ0v) is 5.62. The molecule has 1 N–H and O–H groups in total. The number of aliphatic carboxylic acids is 1. The average Bonchev–Trinajstić information content (AvgIpc) is 2.63. The Balaban J connectivity index is 1.94. The SMILES string of the molecule is O=C(O)[C@H]1CC[C@@H]2O[C@@H]2C1. The summed E-state index contributed by atoms with van der Waals surface area (Å²) in [6, 6.07) is 0. The van der Waals surface area contributed by atoms with Gasteiger partial charge in [-0.05, 0) is 19.3 Å². The molecule has 2 aliphatic rings. The highest BCUT2D eigenvalue weighted by Gasteiger charge is 2.45. The van der Waals surface area contributed by atoms with Crippen LogP contribution in [-0.2, 0) is 9.53 Å². The van der Waals surface area contributed by atoms with Crippen molar-refractivity contribution in [2.24, 2.45) is 5.92 Å². The van der Waals surface area contributed by atoms with E-state index in [2.05, 4.69) is 0 Å². The maximum atomic E-state index is 10.5. The van der Waals surface area contributed by atoms with Crippen LogP contribution in [0.1, 0.15) is 19.3 Å². The Kier molecular flexibility index (Phi) is 1.20. The zero-order chi connectivity index (χ0) is 7.14. The van der Waals surface area contributed by atoms with Gasteiger partial charge in [0, 0.05) is 0 Å². The molecule has 56 valence electrons. The maximum Gasteiger partial charge on any atom is 0.306 e. The number of carboxylic acid groups (broad SMARTS) is 1. The van der Waals surface area contributed by atoms with Crippen LogP contribution in [0, 0.1) is 5.92 Å². The Labute approximate surface area is 59.0 Å². The fraction of sp³-hybridized carbons (Fsp3) is 0.857. The van der Waals surface area contributed by atoms with Crippen LogP contribution in [0.4, 0.5) is 0 Å². The minimum absolute atomic E-state index is 0.135. The molecule has 3 atom stereocenters. The van der Waals surface area contributed by atoms with E-state index in [1.165, 1.54) is 0 Å². The van der Waals surface area contributed by atoms with Gasteiger partial charge in [-0.25, -0.2) is 0 Å². The maximum absolute atomic E-state index is 10.5. The minimum Gasteiger partial charge on any atom is -0.481 e. The summed E-state index contributed by atoms with van der Waals surface area (Å²) in [7, 11) is 0. The van der Waals surface area contributed by atoms with Gasteiger partial charge in [0.25, 0.3) is 0 Å². The van der Waals surface area contributed by atoms with E-state index in [1.807, 2.05) is 0 Å². The third-order valence-electron chi connectivity index (χ3n) is 2.35. The van der Waals surface area contributed by atoms with Crippen molar-refractivity contribution in [3.05, 3.63) is 0 Å². The lowest BCUT2D eigenvalue weighted by Crippen LogP contribution is -2.21. The van der Waals surface area contributed by atoms with Crippen LogP contribution in [0.3, 0.4) is 0 Å². The number of carbonyl (C=O) groups is 1. The number of epoxide rings is 1. The molecule has 0 aromatic carbocycles. The Morgan fingerprint density at radius 1 is 1.40 bits per heavy atom. The van der Waals surface area contributed by atoms with Crippen LogP contribution >= 0.6 is 0 Å². The number of hydrogen-bond donors (Lipinski definition) is 1. The summed E-state index contributed by atoms with van der Waals surface area (Å²) in [6.07, 6.45) is 3.18. The molecule has 1 heterocycles. The molecule has 0 spiro atoms. The highest BCUT2D eigenvalue weighted by molar-refractivity contribution is 5.70. The molecule has 0 aromatic rings. The summed E-state index contributed by atoms with van der Waals surface area (Å²) in [4.78, 5) is 10.5.